The first kappa shape index (κ1) is 15.5. The fourth-order valence-corrected chi connectivity index (χ4v) is 1.97. The molecule has 0 aromatic heterocycles. The Morgan fingerprint density at radius 2 is 1.62 bits per heavy atom. The van der Waals surface area contributed by atoms with Crippen LogP contribution in [0.3, 0.4) is 0 Å². The Morgan fingerprint density at radius 3 is 2.14 bits per heavy atom. The van der Waals surface area contributed by atoms with E-state index in [1.165, 1.54) is 12.1 Å². The number of hydrogen-bond acceptors (Lipinski definition) is 1. The van der Waals surface area contributed by atoms with Crippen LogP contribution in [0.4, 0.5) is 17.6 Å². The quantitative estimate of drug-likeness (QED) is 0.560. The van der Waals surface area contributed by atoms with E-state index in [4.69, 9.17) is 11.6 Å². The van der Waals surface area contributed by atoms with Gasteiger partial charge in [0.05, 0.1) is 5.56 Å². The molecule has 2 aromatic carbocycles. The maximum atomic E-state index is 13.5. The smallest absolute Gasteiger partial charge is 0.289 e. The lowest BCUT2D eigenvalue weighted by Gasteiger charge is -2.09. The van der Waals surface area contributed by atoms with Gasteiger partial charge in [-0.2, -0.15) is 13.2 Å². The maximum absolute atomic E-state index is 13.5. The van der Waals surface area contributed by atoms with Crippen LogP contribution in [-0.2, 0) is 6.18 Å². The van der Waals surface area contributed by atoms with Gasteiger partial charge in [0.2, 0.25) is 0 Å². The second-order valence-corrected chi connectivity index (χ2v) is 4.89. The molecule has 0 aliphatic rings. The molecule has 0 unspecified atom stereocenters. The Bertz CT molecular complexity index is 707. The summed E-state index contributed by atoms with van der Waals surface area (Å²) in [7, 11) is 0. The largest absolute Gasteiger partial charge is 0.419 e. The summed E-state index contributed by atoms with van der Waals surface area (Å²) in [5.41, 5.74) is -0.627. The Hall–Kier alpha value is -1.88. The molecule has 0 aliphatic carbocycles. The van der Waals surface area contributed by atoms with Crippen molar-refractivity contribution in [2.24, 2.45) is 0 Å². The Kier molecular flexibility index (Phi) is 4.05. The van der Waals surface area contributed by atoms with Crippen molar-refractivity contribution in [3.63, 3.8) is 0 Å². The van der Waals surface area contributed by atoms with Crippen molar-refractivity contribution in [1.82, 2.24) is 0 Å². The van der Waals surface area contributed by atoms with Gasteiger partial charge in [-0.05, 0) is 30.7 Å². The SMILES string of the molecule is Cc1ccc(C(=O)c2ccc(C(F)(F)F)c(F)c2)cc1Cl. The van der Waals surface area contributed by atoms with Gasteiger partial charge in [-0.25, -0.2) is 4.39 Å². The van der Waals surface area contributed by atoms with E-state index in [9.17, 15) is 22.4 Å². The van der Waals surface area contributed by atoms with E-state index < -0.39 is 23.3 Å². The molecule has 0 amide bonds. The molecule has 0 radical (unpaired) electrons. The van der Waals surface area contributed by atoms with Gasteiger partial charge in [0.1, 0.15) is 5.82 Å². The molecular formula is C15H9ClF4O. The van der Waals surface area contributed by atoms with Crippen LogP contribution in [0.15, 0.2) is 36.4 Å². The molecule has 0 saturated carbocycles. The third kappa shape index (κ3) is 3.24. The molecule has 0 saturated heterocycles. The summed E-state index contributed by atoms with van der Waals surface area (Å²) in [5, 5.41) is 0.355. The average molecular weight is 317 g/mol. The first-order valence-electron chi connectivity index (χ1n) is 5.88. The normalized spacial score (nSPS) is 11.5. The van der Waals surface area contributed by atoms with Crippen molar-refractivity contribution in [1.29, 1.82) is 0 Å². The van der Waals surface area contributed by atoms with Gasteiger partial charge in [0, 0.05) is 16.1 Å². The molecule has 110 valence electrons. The third-order valence-electron chi connectivity index (χ3n) is 2.97. The van der Waals surface area contributed by atoms with E-state index in [-0.39, 0.29) is 11.1 Å². The van der Waals surface area contributed by atoms with E-state index in [0.717, 1.165) is 11.6 Å². The molecular weight excluding hydrogens is 308 g/mol. The fourth-order valence-electron chi connectivity index (χ4n) is 1.79. The number of alkyl halides is 3. The van der Waals surface area contributed by atoms with Gasteiger partial charge in [-0.1, -0.05) is 29.8 Å². The number of ketones is 1. The van der Waals surface area contributed by atoms with Crippen LogP contribution in [0, 0.1) is 12.7 Å². The highest BCUT2D eigenvalue weighted by Crippen LogP contribution is 2.32. The number of aryl methyl sites for hydroxylation is 1. The van der Waals surface area contributed by atoms with E-state index in [1.807, 2.05) is 0 Å². The molecule has 0 spiro atoms. The second-order valence-electron chi connectivity index (χ2n) is 4.49. The lowest BCUT2D eigenvalue weighted by Crippen LogP contribution is -2.10. The molecule has 2 aromatic rings. The predicted octanol–water partition coefficient (Wildman–Crippen LogP) is 5.04. The average Bonchev–Trinajstić information content (AvgIpc) is 2.39. The van der Waals surface area contributed by atoms with Crippen molar-refractivity contribution in [3.8, 4) is 0 Å². The zero-order chi connectivity index (χ0) is 15.8. The number of halogens is 5. The van der Waals surface area contributed by atoms with Crippen molar-refractivity contribution < 1.29 is 22.4 Å². The molecule has 0 bridgehead atoms. The summed E-state index contributed by atoms with van der Waals surface area (Å²) in [4.78, 5) is 12.1. The van der Waals surface area contributed by atoms with Crippen LogP contribution < -0.4 is 0 Å². The predicted molar refractivity (Wildman–Crippen MR) is 71.0 cm³/mol. The highest BCUT2D eigenvalue weighted by molar-refractivity contribution is 6.31. The molecule has 21 heavy (non-hydrogen) atoms. The van der Waals surface area contributed by atoms with Crippen LogP contribution in [0.2, 0.25) is 5.02 Å². The van der Waals surface area contributed by atoms with Crippen molar-refractivity contribution in [2.45, 2.75) is 13.1 Å². The minimum Gasteiger partial charge on any atom is -0.289 e. The maximum Gasteiger partial charge on any atom is 0.419 e. The number of benzene rings is 2. The van der Waals surface area contributed by atoms with E-state index in [0.29, 0.717) is 17.2 Å². The summed E-state index contributed by atoms with van der Waals surface area (Å²) in [6.45, 7) is 1.74. The van der Waals surface area contributed by atoms with Crippen LogP contribution in [-0.4, -0.2) is 5.78 Å². The monoisotopic (exact) mass is 316 g/mol. The molecule has 6 heteroatoms. The standard InChI is InChI=1S/C15H9ClF4O/c1-8-2-3-9(6-12(8)16)14(21)10-4-5-11(13(17)7-10)15(18,19)20/h2-7H,1H3. The van der Waals surface area contributed by atoms with Crippen LogP contribution in [0.25, 0.3) is 0 Å². The zero-order valence-corrected chi connectivity index (χ0v) is 11.5. The van der Waals surface area contributed by atoms with Crippen LogP contribution in [0.1, 0.15) is 27.0 Å². The van der Waals surface area contributed by atoms with Crippen LogP contribution in [0.5, 0.6) is 0 Å². The van der Waals surface area contributed by atoms with E-state index in [1.54, 1.807) is 13.0 Å². The topological polar surface area (TPSA) is 17.1 Å². The number of rotatable bonds is 2. The molecule has 0 heterocycles. The summed E-state index contributed by atoms with van der Waals surface area (Å²) in [5.74, 6) is -2.07. The molecule has 1 nitrogen and oxygen atoms in total. The highest BCUT2D eigenvalue weighted by atomic mass is 35.5. The lowest BCUT2D eigenvalue weighted by molar-refractivity contribution is -0.140. The van der Waals surface area contributed by atoms with Crippen LogP contribution >= 0.6 is 11.6 Å². The Morgan fingerprint density at radius 1 is 1.05 bits per heavy atom. The van der Waals surface area contributed by atoms with Gasteiger partial charge in [0.15, 0.2) is 5.78 Å². The minimum atomic E-state index is -4.79. The van der Waals surface area contributed by atoms with Crippen molar-refractivity contribution >= 4 is 17.4 Å². The summed E-state index contributed by atoms with van der Waals surface area (Å²) in [6, 6.07) is 6.57. The summed E-state index contributed by atoms with van der Waals surface area (Å²) < 4.78 is 50.8. The second kappa shape index (κ2) is 5.48. The molecule has 0 atom stereocenters. The minimum absolute atomic E-state index is 0.166. The number of hydrogen-bond donors (Lipinski definition) is 0. The molecule has 0 N–H and O–H groups in total. The van der Waals surface area contributed by atoms with Crippen molar-refractivity contribution in [2.75, 3.05) is 0 Å². The van der Waals surface area contributed by atoms with Crippen molar-refractivity contribution in [3.05, 3.63) is 69.5 Å². The van der Waals surface area contributed by atoms with Gasteiger partial charge in [0.25, 0.3) is 0 Å². The van der Waals surface area contributed by atoms with Gasteiger partial charge >= 0.3 is 6.18 Å². The number of carbonyl (C=O) groups excluding carboxylic acids is 1. The van der Waals surface area contributed by atoms with E-state index in [2.05, 4.69) is 0 Å². The summed E-state index contributed by atoms with van der Waals surface area (Å²) in [6.07, 6.45) is -4.79. The number of carbonyl (C=O) groups is 1. The first-order valence-corrected chi connectivity index (χ1v) is 6.25. The van der Waals surface area contributed by atoms with Gasteiger partial charge in [-0.15, -0.1) is 0 Å². The fraction of sp³-hybridized carbons (Fsp3) is 0.133. The lowest BCUT2D eigenvalue weighted by atomic mass is 10.0. The van der Waals surface area contributed by atoms with Gasteiger partial charge in [-0.3, -0.25) is 4.79 Å². The Balaban J connectivity index is 2.40. The first-order chi connectivity index (χ1) is 9.70. The molecule has 2 rings (SSSR count). The molecule has 0 aliphatic heterocycles. The highest BCUT2D eigenvalue weighted by Gasteiger charge is 2.34. The van der Waals surface area contributed by atoms with Gasteiger partial charge < -0.3 is 0 Å². The summed E-state index contributed by atoms with van der Waals surface area (Å²) >= 11 is 5.89. The van der Waals surface area contributed by atoms with E-state index >= 15 is 0 Å². The third-order valence-corrected chi connectivity index (χ3v) is 3.38. The zero-order valence-electron chi connectivity index (χ0n) is 10.8. The Labute approximate surface area is 123 Å². The molecule has 0 fully saturated rings.